The molecule has 2 heteroatoms. The molecule has 1 unspecified atom stereocenters. The highest BCUT2D eigenvalue weighted by atomic mass is 16.5. The van der Waals surface area contributed by atoms with E-state index < -0.39 is 0 Å². The number of hydrogen-bond donors (Lipinski definition) is 1. The van der Waals surface area contributed by atoms with Gasteiger partial charge in [-0.25, -0.2) is 0 Å². The molecule has 2 nitrogen and oxygen atoms in total. The summed E-state index contributed by atoms with van der Waals surface area (Å²) >= 11 is 0. The molecule has 1 spiro atoms. The van der Waals surface area contributed by atoms with Gasteiger partial charge in [-0.05, 0) is 24.0 Å². The summed E-state index contributed by atoms with van der Waals surface area (Å²) in [6, 6.07) is 8.73. The second-order valence-electron chi connectivity index (χ2n) is 4.22. The van der Waals surface area contributed by atoms with Gasteiger partial charge in [0, 0.05) is 6.54 Å². The normalized spacial score (nSPS) is 30.6. The van der Waals surface area contributed by atoms with Gasteiger partial charge in [-0.15, -0.1) is 0 Å². The van der Waals surface area contributed by atoms with E-state index in [2.05, 4.69) is 29.6 Å². The molecule has 74 valence electrons. The van der Waals surface area contributed by atoms with E-state index in [-0.39, 0.29) is 5.54 Å². The summed E-state index contributed by atoms with van der Waals surface area (Å²) < 4.78 is 5.60. The van der Waals surface area contributed by atoms with Crippen molar-refractivity contribution in [3.05, 3.63) is 35.4 Å². The zero-order valence-corrected chi connectivity index (χ0v) is 8.25. The van der Waals surface area contributed by atoms with Gasteiger partial charge < -0.3 is 10.1 Å². The summed E-state index contributed by atoms with van der Waals surface area (Å²) in [6.07, 6.45) is 2.37. The fourth-order valence-electron chi connectivity index (χ4n) is 2.68. The molecule has 3 rings (SSSR count). The molecule has 0 bridgehead atoms. The zero-order chi connectivity index (χ0) is 9.43. The van der Waals surface area contributed by atoms with Gasteiger partial charge in [0.25, 0.3) is 0 Å². The molecule has 1 N–H and O–H groups in total. The Kier molecular flexibility index (Phi) is 1.85. The molecule has 2 aliphatic rings. The van der Waals surface area contributed by atoms with Gasteiger partial charge in [-0.1, -0.05) is 24.3 Å². The van der Waals surface area contributed by atoms with Crippen LogP contribution in [0.25, 0.3) is 0 Å². The number of aryl methyl sites for hydroxylation is 1. The lowest BCUT2D eigenvalue weighted by molar-refractivity contribution is 0.0260. The Morgan fingerprint density at radius 2 is 2.21 bits per heavy atom. The number of morpholine rings is 1. The topological polar surface area (TPSA) is 21.3 Å². The Morgan fingerprint density at radius 1 is 1.29 bits per heavy atom. The third-order valence-electron chi connectivity index (χ3n) is 3.41. The number of benzene rings is 1. The van der Waals surface area contributed by atoms with Gasteiger partial charge in [0.2, 0.25) is 0 Å². The number of nitrogens with one attached hydrogen (secondary N) is 1. The molecule has 1 fully saturated rings. The second-order valence-corrected chi connectivity index (χ2v) is 4.22. The lowest BCUT2D eigenvalue weighted by Gasteiger charge is -2.35. The average molecular weight is 189 g/mol. The lowest BCUT2D eigenvalue weighted by Crippen LogP contribution is -2.50. The van der Waals surface area contributed by atoms with Crippen molar-refractivity contribution < 1.29 is 4.74 Å². The standard InChI is InChI=1S/C12H15NO/c1-2-4-11-10(3-1)5-6-12(11)9-14-8-7-13-12/h1-4,13H,5-9H2. The minimum Gasteiger partial charge on any atom is -0.378 e. The van der Waals surface area contributed by atoms with Crippen molar-refractivity contribution in [2.45, 2.75) is 18.4 Å². The summed E-state index contributed by atoms with van der Waals surface area (Å²) in [5.41, 5.74) is 3.08. The van der Waals surface area contributed by atoms with Crippen LogP contribution in [0.1, 0.15) is 17.5 Å². The van der Waals surface area contributed by atoms with E-state index in [9.17, 15) is 0 Å². The van der Waals surface area contributed by atoms with Crippen molar-refractivity contribution in [2.24, 2.45) is 0 Å². The highest BCUT2D eigenvalue weighted by molar-refractivity contribution is 5.39. The van der Waals surface area contributed by atoms with Gasteiger partial charge in [0.15, 0.2) is 0 Å². The third-order valence-corrected chi connectivity index (χ3v) is 3.41. The maximum absolute atomic E-state index is 5.60. The first-order valence-corrected chi connectivity index (χ1v) is 5.32. The van der Waals surface area contributed by atoms with Crippen LogP contribution in [0.2, 0.25) is 0 Å². The van der Waals surface area contributed by atoms with Crippen LogP contribution < -0.4 is 5.32 Å². The summed E-state index contributed by atoms with van der Waals surface area (Å²) in [7, 11) is 0. The Labute approximate surface area is 84.3 Å². The predicted molar refractivity (Wildman–Crippen MR) is 55.3 cm³/mol. The Balaban J connectivity index is 2.03. The Hall–Kier alpha value is -0.860. The quantitative estimate of drug-likeness (QED) is 0.667. The van der Waals surface area contributed by atoms with E-state index in [1.54, 1.807) is 0 Å². The van der Waals surface area contributed by atoms with Gasteiger partial charge in [0.05, 0.1) is 18.8 Å². The molecular formula is C12H15NO. The number of rotatable bonds is 0. The van der Waals surface area contributed by atoms with Crippen molar-refractivity contribution in [2.75, 3.05) is 19.8 Å². The Bertz CT molecular complexity index is 336. The van der Waals surface area contributed by atoms with Crippen LogP contribution in [0.4, 0.5) is 0 Å². The molecule has 1 heterocycles. The molecule has 1 aromatic carbocycles. The largest absolute Gasteiger partial charge is 0.378 e. The molecule has 0 aromatic heterocycles. The first kappa shape index (κ1) is 8.45. The van der Waals surface area contributed by atoms with E-state index in [1.807, 2.05) is 0 Å². The molecule has 0 amide bonds. The van der Waals surface area contributed by atoms with Crippen molar-refractivity contribution in [3.8, 4) is 0 Å². The highest BCUT2D eigenvalue weighted by Crippen LogP contribution is 2.37. The number of ether oxygens (including phenoxy) is 1. The monoisotopic (exact) mass is 189 g/mol. The lowest BCUT2D eigenvalue weighted by atomic mass is 9.92. The van der Waals surface area contributed by atoms with E-state index in [4.69, 9.17) is 4.74 Å². The van der Waals surface area contributed by atoms with Crippen molar-refractivity contribution >= 4 is 0 Å². The van der Waals surface area contributed by atoms with E-state index in [1.165, 1.54) is 24.0 Å². The first-order chi connectivity index (χ1) is 6.91. The molecule has 1 atom stereocenters. The van der Waals surface area contributed by atoms with Crippen LogP contribution >= 0.6 is 0 Å². The van der Waals surface area contributed by atoms with Crippen LogP contribution in [0.3, 0.4) is 0 Å². The smallest absolute Gasteiger partial charge is 0.0691 e. The maximum Gasteiger partial charge on any atom is 0.0691 e. The summed E-state index contributed by atoms with van der Waals surface area (Å²) in [5, 5.41) is 3.63. The SMILES string of the molecule is c1ccc2c(c1)CCC21COCCN1. The maximum atomic E-state index is 5.60. The minimum atomic E-state index is 0.134. The van der Waals surface area contributed by atoms with Crippen molar-refractivity contribution in [3.63, 3.8) is 0 Å². The minimum absolute atomic E-state index is 0.134. The molecule has 0 radical (unpaired) electrons. The Morgan fingerprint density at radius 3 is 3.07 bits per heavy atom. The van der Waals surface area contributed by atoms with E-state index in [0.29, 0.717) is 0 Å². The molecule has 0 saturated carbocycles. The predicted octanol–water partition coefficient (Wildman–Crippen LogP) is 1.45. The summed E-state index contributed by atoms with van der Waals surface area (Å²) in [4.78, 5) is 0. The fourth-order valence-corrected chi connectivity index (χ4v) is 2.68. The number of fused-ring (bicyclic) bond motifs is 2. The molecule has 1 saturated heterocycles. The van der Waals surface area contributed by atoms with Crippen LogP contribution in [0, 0.1) is 0 Å². The first-order valence-electron chi connectivity index (χ1n) is 5.32. The van der Waals surface area contributed by atoms with Crippen molar-refractivity contribution in [1.82, 2.24) is 5.32 Å². The summed E-state index contributed by atoms with van der Waals surface area (Å²) in [6.45, 7) is 2.67. The van der Waals surface area contributed by atoms with E-state index >= 15 is 0 Å². The molecular weight excluding hydrogens is 174 g/mol. The molecule has 14 heavy (non-hydrogen) atoms. The van der Waals surface area contributed by atoms with E-state index in [0.717, 1.165) is 19.8 Å². The van der Waals surface area contributed by atoms with Crippen molar-refractivity contribution in [1.29, 1.82) is 0 Å². The van der Waals surface area contributed by atoms with Gasteiger partial charge >= 0.3 is 0 Å². The third kappa shape index (κ3) is 1.11. The average Bonchev–Trinajstić information content (AvgIpc) is 2.60. The molecule has 1 aliphatic heterocycles. The van der Waals surface area contributed by atoms with Gasteiger partial charge in [-0.2, -0.15) is 0 Å². The second kappa shape index (κ2) is 3.07. The van der Waals surface area contributed by atoms with Crippen LogP contribution in [0.5, 0.6) is 0 Å². The highest BCUT2D eigenvalue weighted by Gasteiger charge is 2.39. The van der Waals surface area contributed by atoms with Crippen LogP contribution in [0.15, 0.2) is 24.3 Å². The van der Waals surface area contributed by atoms with Crippen LogP contribution in [-0.2, 0) is 16.7 Å². The number of hydrogen-bond acceptors (Lipinski definition) is 2. The van der Waals surface area contributed by atoms with Crippen LogP contribution in [-0.4, -0.2) is 19.8 Å². The molecule has 1 aromatic rings. The fraction of sp³-hybridized carbons (Fsp3) is 0.500. The molecule has 1 aliphatic carbocycles. The zero-order valence-electron chi connectivity index (χ0n) is 8.25. The van der Waals surface area contributed by atoms with Gasteiger partial charge in [-0.3, -0.25) is 0 Å². The van der Waals surface area contributed by atoms with Gasteiger partial charge in [0.1, 0.15) is 0 Å². The summed E-state index contributed by atoms with van der Waals surface area (Å²) in [5.74, 6) is 0.